The number of ether oxygens (including phenoxy) is 1. The molecular formula is C12H17N3O4. The maximum Gasteiger partial charge on any atom is 0.411 e. The summed E-state index contributed by atoms with van der Waals surface area (Å²) < 4.78 is 5.24. The van der Waals surface area contributed by atoms with Gasteiger partial charge in [-0.1, -0.05) is 0 Å². The highest BCUT2D eigenvalue weighted by molar-refractivity contribution is 5.82. The molecule has 0 aromatic carbocycles. The number of carbonyl (C=O) groups excluding carboxylic acids is 1. The van der Waals surface area contributed by atoms with Crippen LogP contribution in [0, 0.1) is 0 Å². The van der Waals surface area contributed by atoms with Gasteiger partial charge in [-0.05, 0) is 20.8 Å². The molecule has 1 aromatic rings. The third-order valence-electron chi connectivity index (χ3n) is 2.82. The topological polar surface area (TPSA) is 95.5 Å². The first-order valence-corrected chi connectivity index (χ1v) is 6.04. The number of H-pyrrole nitrogens is 1. The predicted octanol–water partition coefficient (Wildman–Crippen LogP) is 1.33. The van der Waals surface area contributed by atoms with Crippen LogP contribution in [-0.2, 0) is 16.0 Å². The lowest BCUT2D eigenvalue weighted by molar-refractivity contribution is -0.143. The molecule has 2 N–H and O–H groups in total. The fraction of sp³-hybridized carbons (Fsp3) is 0.583. The molecule has 0 saturated heterocycles. The van der Waals surface area contributed by atoms with Crippen molar-refractivity contribution in [3.05, 3.63) is 17.5 Å². The number of carboxylic acids is 1. The third kappa shape index (κ3) is 2.69. The van der Waals surface area contributed by atoms with Crippen LogP contribution in [0.25, 0.3) is 0 Å². The van der Waals surface area contributed by atoms with E-state index in [9.17, 15) is 14.7 Å². The zero-order chi connectivity index (χ0) is 14.2. The number of carbonyl (C=O) groups is 2. The molecule has 0 aliphatic carbocycles. The lowest BCUT2D eigenvalue weighted by Crippen LogP contribution is -2.45. The van der Waals surface area contributed by atoms with Crippen LogP contribution in [0.5, 0.6) is 0 Å². The molecule has 19 heavy (non-hydrogen) atoms. The van der Waals surface area contributed by atoms with E-state index in [1.54, 1.807) is 20.8 Å². The number of nitrogens with one attached hydrogen (secondary N) is 1. The zero-order valence-corrected chi connectivity index (χ0v) is 11.1. The van der Waals surface area contributed by atoms with Gasteiger partial charge in [0.15, 0.2) is 6.04 Å². The van der Waals surface area contributed by atoms with Crippen LogP contribution in [0.4, 0.5) is 4.79 Å². The molecule has 7 nitrogen and oxygen atoms in total. The van der Waals surface area contributed by atoms with Crippen molar-refractivity contribution in [2.45, 2.75) is 38.8 Å². The van der Waals surface area contributed by atoms with Gasteiger partial charge in [0.25, 0.3) is 0 Å². The van der Waals surface area contributed by atoms with Crippen molar-refractivity contribution in [2.75, 3.05) is 6.54 Å². The number of aromatic nitrogens is 2. The van der Waals surface area contributed by atoms with Gasteiger partial charge in [-0.25, -0.2) is 9.59 Å². The van der Waals surface area contributed by atoms with E-state index >= 15 is 0 Å². The smallest absolute Gasteiger partial charge is 0.411 e. The Morgan fingerprint density at radius 3 is 2.79 bits per heavy atom. The lowest BCUT2D eigenvalue weighted by atomic mass is 10.00. The van der Waals surface area contributed by atoms with Crippen molar-refractivity contribution in [3.63, 3.8) is 0 Å². The van der Waals surface area contributed by atoms with E-state index in [1.807, 2.05) is 0 Å². The van der Waals surface area contributed by atoms with Crippen molar-refractivity contribution in [1.82, 2.24) is 15.1 Å². The van der Waals surface area contributed by atoms with Gasteiger partial charge >= 0.3 is 12.1 Å². The maximum absolute atomic E-state index is 12.1. The summed E-state index contributed by atoms with van der Waals surface area (Å²) in [6.07, 6.45) is 1.37. The Hall–Kier alpha value is -2.05. The van der Waals surface area contributed by atoms with Crippen LogP contribution in [0.15, 0.2) is 6.20 Å². The summed E-state index contributed by atoms with van der Waals surface area (Å²) in [4.78, 5) is 24.7. The Kier molecular flexibility index (Phi) is 3.21. The van der Waals surface area contributed by atoms with Crippen LogP contribution in [0.3, 0.4) is 0 Å². The van der Waals surface area contributed by atoms with Gasteiger partial charge in [0.1, 0.15) is 5.60 Å². The zero-order valence-electron chi connectivity index (χ0n) is 11.1. The van der Waals surface area contributed by atoms with E-state index < -0.39 is 23.7 Å². The number of hydrogen-bond donors (Lipinski definition) is 2. The van der Waals surface area contributed by atoms with Crippen molar-refractivity contribution in [1.29, 1.82) is 0 Å². The van der Waals surface area contributed by atoms with Crippen LogP contribution < -0.4 is 0 Å². The maximum atomic E-state index is 12.1. The Morgan fingerprint density at radius 1 is 1.53 bits per heavy atom. The van der Waals surface area contributed by atoms with E-state index in [0.717, 1.165) is 5.69 Å². The fourth-order valence-electron chi connectivity index (χ4n) is 2.07. The van der Waals surface area contributed by atoms with Crippen molar-refractivity contribution in [2.24, 2.45) is 0 Å². The molecule has 1 aliphatic heterocycles. The molecule has 2 heterocycles. The summed E-state index contributed by atoms with van der Waals surface area (Å²) in [5, 5.41) is 15.9. The van der Waals surface area contributed by atoms with Crippen LogP contribution in [0.1, 0.15) is 38.1 Å². The number of amides is 1. The molecule has 7 heteroatoms. The molecule has 0 radical (unpaired) electrons. The lowest BCUT2D eigenvalue weighted by Gasteiger charge is -2.34. The van der Waals surface area contributed by atoms with Crippen LogP contribution in [0.2, 0.25) is 0 Å². The first-order valence-electron chi connectivity index (χ1n) is 6.04. The summed E-state index contributed by atoms with van der Waals surface area (Å²) in [5.41, 5.74) is 0.619. The highest BCUT2D eigenvalue weighted by Gasteiger charge is 2.39. The summed E-state index contributed by atoms with van der Waals surface area (Å²) in [6, 6.07) is -1.04. The molecule has 104 valence electrons. The first-order chi connectivity index (χ1) is 8.79. The van der Waals surface area contributed by atoms with E-state index in [4.69, 9.17) is 4.74 Å². The van der Waals surface area contributed by atoms with Crippen molar-refractivity contribution < 1.29 is 19.4 Å². The number of carboxylic acid groups (broad SMARTS) is 1. The van der Waals surface area contributed by atoms with Crippen molar-refractivity contribution >= 4 is 12.1 Å². The summed E-state index contributed by atoms with van der Waals surface area (Å²) >= 11 is 0. The predicted molar refractivity (Wildman–Crippen MR) is 65.6 cm³/mol. The second kappa shape index (κ2) is 4.56. The second-order valence-electron chi connectivity index (χ2n) is 5.47. The molecule has 1 atom stereocenters. The molecule has 0 fully saturated rings. The Balaban J connectivity index is 2.27. The summed E-state index contributed by atoms with van der Waals surface area (Å²) in [6.45, 7) is 5.52. The van der Waals surface area contributed by atoms with Gasteiger partial charge in [0, 0.05) is 24.2 Å². The quantitative estimate of drug-likeness (QED) is 0.800. The number of nitrogens with zero attached hydrogens (tertiary/aromatic N) is 2. The first kappa shape index (κ1) is 13.4. The number of aliphatic carboxylic acids is 1. The van der Waals surface area contributed by atoms with Gasteiger partial charge in [-0.3, -0.25) is 10.00 Å². The van der Waals surface area contributed by atoms with E-state index in [-0.39, 0.29) is 0 Å². The molecule has 2 rings (SSSR count). The number of aromatic amines is 1. The Morgan fingerprint density at radius 2 is 2.21 bits per heavy atom. The molecule has 0 saturated carbocycles. The highest BCUT2D eigenvalue weighted by atomic mass is 16.6. The minimum Gasteiger partial charge on any atom is -0.479 e. The second-order valence-corrected chi connectivity index (χ2v) is 5.47. The molecule has 1 amide bonds. The fourth-order valence-corrected chi connectivity index (χ4v) is 2.07. The highest BCUT2D eigenvalue weighted by Crippen LogP contribution is 2.29. The molecule has 0 spiro atoms. The standard InChI is InChI=1S/C12H17N3O4/c1-12(2,3)19-11(18)15-5-4-8-7(6-13-14-8)9(15)10(16)17/h6,9H,4-5H2,1-3H3,(H,13,14)(H,16,17). The number of hydrogen-bond acceptors (Lipinski definition) is 4. The number of fused-ring (bicyclic) bond motifs is 1. The van der Waals surface area contributed by atoms with Gasteiger partial charge in [-0.15, -0.1) is 0 Å². The SMILES string of the molecule is CC(C)(C)OC(=O)N1CCc2[nH]ncc2C1C(=O)O. The van der Waals surface area contributed by atoms with E-state index in [1.165, 1.54) is 11.1 Å². The third-order valence-corrected chi connectivity index (χ3v) is 2.82. The van der Waals surface area contributed by atoms with Crippen LogP contribution in [-0.4, -0.2) is 44.4 Å². The van der Waals surface area contributed by atoms with Gasteiger partial charge in [0.2, 0.25) is 0 Å². The van der Waals surface area contributed by atoms with Crippen LogP contribution >= 0.6 is 0 Å². The van der Waals surface area contributed by atoms with Crippen molar-refractivity contribution in [3.8, 4) is 0 Å². The average molecular weight is 267 g/mol. The molecule has 1 aromatic heterocycles. The largest absolute Gasteiger partial charge is 0.479 e. The minimum absolute atomic E-state index is 0.293. The Labute approximate surface area is 110 Å². The summed E-state index contributed by atoms with van der Waals surface area (Å²) in [7, 11) is 0. The summed E-state index contributed by atoms with van der Waals surface area (Å²) in [5.74, 6) is -1.09. The minimum atomic E-state index is -1.09. The van der Waals surface area contributed by atoms with Gasteiger partial charge in [-0.2, -0.15) is 5.10 Å². The molecule has 1 unspecified atom stereocenters. The van der Waals surface area contributed by atoms with E-state index in [0.29, 0.717) is 18.5 Å². The molecule has 0 bridgehead atoms. The number of rotatable bonds is 1. The molecule has 1 aliphatic rings. The monoisotopic (exact) mass is 267 g/mol. The Bertz CT molecular complexity index is 503. The molecular weight excluding hydrogens is 250 g/mol. The normalized spacial score (nSPS) is 18.9. The van der Waals surface area contributed by atoms with Gasteiger partial charge < -0.3 is 9.84 Å². The average Bonchev–Trinajstić information content (AvgIpc) is 2.72. The van der Waals surface area contributed by atoms with Gasteiger partial charge in [0.05, 0.1) is 6.20 Å². The van der Waals surface area contributed by atoms with E-state index in [2.05, 4.69) is 10.2 Å².